The van der Waals surface area contributed by atoms with Crippen LogP contribution in [0.5, 0.6) is 0 Å². The molecule has 17 heavy (non-hydrogen) atoms. The molecule has 0 aliphatic heterocycles. The summed E-state index contributed by atoms with van der Waals surface area (Å²) in [6, 6.07) is 11.1. The Bertz CT molecular complexity index is 325. The number of nitrogens with zero attached hydrogens (tertiary/aromatic N) is 1. The van der Waals surface area contributed by atoms with Gasteiger partial charge in [-0.25, -0.2) is 0 Å². The van der Waals surface area contributed by atoms with Crippen LogP contribution in [0.25, 0.3) is 0 Å². The van der Waals surface area contributed by atoms with E-state index < -0.39 is 0 Å². The summed E-state index contributed by atoms with van der Waals surface area (Å²) < 4.78 is 0. The highest BCUT2D eigenvalue weighted by atomic mass is 16.3. The summed E-state index contributed by atoms with van der Waals surface area (Å²) in [4.78, 5) is 2.41. The molecule has 2 atom stereocenters. The molecule has 1 aromatic carbocycles. The Balaban J connectivity index is 1.96. The highest BCUT2D eigenvalue weighted by Gasteiger charge is 2.27. The predicted molar refractivity (Wildman–Crippen MR) is 70.7 cm³/mol. The maximum Gasteiger partial charge on any atom is 0.0474 e. The van der Waals surface area contributed by atoms with Crippen LogP contribution in [0, 0.1) is 5.92 Å². The van der Waals surface area contributed by atoms with Crippen molar-refractivity contribution in [1.29, 1.82) is 0 Å². The minimum atomic E-state index is 0.337. The van der Waals surface area contributed by atoms with Gasteiger partial charge in [-0.2, -0.15) is 0 Å². The first-order valence-corrected chi connectivity index (χ1v) is 6.66. The van der Waals surface area contributed by atoms with E-state index in [0.29, 0.717) is 18.6 Å². The first-order chi connectivity index (χ1) is 8.31. The van der Waals surface area contributed by atoms with Crippen LogP contribution >= 0.6 is 0 Å². The van der Waals surface area contributed by atoms with Crippen molar-refractivity contribution in [2.24, 2.45) is 5.92 Å². The molecule has 0 saturated heterocycles. The van der Waals surface area contributed by atoms with Crippen molar-refractivity contribution >= 4 is 0 Å². The molecule has 1 fully saturated rings. The number of aliphatic hydroxyl groups excluding tert-OH is 1. The summed E-state index contributed by atoms with van der Waals surface area (Å²) in [5.74, 6) is 0.470. The largest absolute Gasteiger partial charge is 0.396 e. The zero-order valence-electron chi connectivity index (χ0n) is 10.7. The Hall–Kier alpha value is -0.860. The summed E-state index contributed by atoms with van der Waals surface area (Å²) in [6.07, 6.45) is 5.00. The summed E-state index contributed by atoms with van der Waals surface area (Å²) in [5, 5.41) is 9.45. The van der Waals surface area contributed by atoms with Crippen LogP contribution in [0.2, 0.25) is 0 Å². The molecule has 2 rings (SSSR count). The normalized spacial score (nSPS) is 25.1. The molecule has 0 heterocycles. The van der Waals surface area contributed by atoms with E-state index in [0.717, 1.165) is 6.54 Å². The summed E-state index contributed by atoms with van der Waals surface area (Å²) in [5.41, 5.74) is 1.36. The van der Waals surface area contributed by atoms with Crippen LogP contribution < -0.4 is 0 Å². The minimum Gasteiger partial charge on any atom is -0.396 e. The Morgan fingerprint density at radius 2 is 1.88 bits per heavy atom. The Morgan fingerprint density at radius 3 is 2.59 bits per heavy atom. The van der Waals surface area contributed by atoms with Gasteiger partial charge in [0.15, 0.2) is 0 Å². The van der Waals surface area contributed by atoms with Crippen molar-refractivity contribution in [2.75, 3.05) is 13.7 Å². The summed E-state index contributed by atoms with van der Waals surface area (Å²) in [7, 11) is 2.19. The quantitative estimate of drug-likeness (QED) is 0.864. The maximum atomic E-state index is 9.45. The van der Waals surface area contributed by atoms with Gasteiger partial charge in [-0.1, -0.05) is 43.2 Å². The SMILES string of the molecule is CN(Cc1ccccc1)[C@H]1CCCC[C@H]1CO. The molecule has 0 spiro atoms. The fourth-order valence-corrected chi connectivity index (χ4v) is 2.97. The molecular formula is C15H23NO. The monoisotopic (exact) mass is 233 g/mol. The third kappa shape index (κ3) is 3.30. The molecule has 2 nitrogen and oxygen atoms in total. The van der Waals surface area contributed by atoms with E-state index in [1.165, 1.54) is 31.2 Å². The standard InChI is InChI=1S/C15H23NO/c1-16(11-13-7-3-2-4-8-13)15-10-6-5-9-14(15)12-17/h2-4,7-8,14-15,17H,5-6,9-12H2,1H3/t14-,15-/m0/s1. The van der Waals surface area contributed by atoms with Crippen molar-refractivity contribution < 1.29 is 5.11 Å². The lowest BCUT2D eigenvalue weighted by Crippen LogP contribution is -2.41. The number of hydrogen-bond donors (Lipinski definition) is 1. The van der Waals surface area contributed by atoms with Crippen LogP contribution in [0.1, 0.15) is 31.2 Å². The van der Waals surface area contributed by atoms with Crippen LogP contribution in [0.3, 0.4) is 0 Å². The summed E-state index contributed by atoms with van der Waals surface area (Å²) in [6.45, 7) is 1.33. The fraction of sp³-hybridized carbons (Fsp3) is 0.600. The predicted octanol–water partition coefficient (Wildman–Crippen LogP) is 2.67. The van der Waals surface area contributed by atoms with E-state index in [1.54, 1.807) is 0 Å². The van der Waals surface area contributed by atoms with Crippen LogP contribution in [-0.4, -0.2) is 29.7 Å². The Kier molecular flexibility index (Phi) is 4.57. The minimum absolute atomic E-state index is 0.337. The highest BCUT2D eigenvalue weighted by Crippen LogP contribution is 2.28. The van der Waals surface area contributed by atoms with Crippen molar-refractivity contribution in [1.82, 2.24) is 4.90 Å². The van der Waals surface area contributed by atoms with E-state index >= 15 is 0 Å². The molecule has 1 N–H and O–H groups in total. The molecule has 0 bridgehead atoms. The van der Waals surface area contributed by atoms with E-state index in [9.17, 15) is 5.11 Å². The molecular weight excluding hydrogens is 210 g/mol. The fourth-order valence-electron chi connectivity index (χ4n) is 2.97. The van der Waals surface area contributed by atoms with E-state index in [-0.39, 0.29) is 0 Å². The van der Waals surface area contributed by atoms with Gasteiger partial charge in [-0.05, 0) is 31.4 Å². The smallest absolute Gasteiger partial charge is 0.0474 e. The van der Waals surface area contributed by atoms with Crippen molar-refractivity contribution in [3.05, 3.63) is 35.9 Å². The Labute approximate surface area is 104 Å². The van der Waals surface area contributed by atoms with Gasteiger partial charge in [0.05, 0.1) is 0 Å². The van der Waals surface area contributed by atoms with Crippen LogP contribution in [0.4, 0.5) is 0 Å². The topological polar surface area (TPSA) is 23.5 Å². The van der Waals surface area contributed by atoms with Crippen molar-refractivity contribution in [2.45, 2.75) is 38.3 Å². The third-order valence-corrected chi connectivity index (χ3v) is 3.94. The number of hydrogen-bond acceptors (Lipinski definition) is 2. The lowest BCUT2D eigenvalue weighted by molar-refractivity contribution is 0.0780. The lowest BCUT2D eigenvalue weighted by atomic mass is 9.84. The second kappa shape index (κ2) is 6.18. The first-order valence-electron chi connectivity index (χ1n) is 6.66. The molecule has 0 radical (unpaired) electrons. The van der Waals surface area contributed by atoms with Crippen molar-refractivity contribution in [3.8, 4) is 0 Å². The maximum absolute atomic E-state index is 9.45. The highest BCUT2D eigenvalue weighted by molar-refractivity contribution is 5.14. The van der Waals surface area contributed by atoms with E-state index in [2.05, 4.69) is 42.3 Å². The van der Waals surface area contributed by atoms with Crippen LogP contribution in [-0.2, 0) is 6.54 Å². The molecule has 1 aliphatic carbocycles. The second-order valence-electron chi connectivity index (χ2n) is 5.20. The van der Waals surface area contributed by atoms with Gasteiger partial charge in [0, 0.05) is 19.2 Å². The van der Waals surface area contributed by atoms with E-state index in [1.807, 2.05) is 0 Å². The van der Waals surface area contributed by atoms with Gasteiger partial charge >= 0.3 is 0 Å². The number of rotatable bonds is 4. The van der Waals surface area contributed by atoms with Gasteiger partial charge in [0.25, 0.3) is 0 Å². The Morgan fingerprint density at radius 1 is 1.18 bits per heavy atom. The summed E-state index contributed by atoms with van der Waals surface area (Å²) >= 11 is 0. The molecule has 0 aromatic heterocycles. The average molecular weight is 233 g/mol. The lowest BCUT2D eigenvalue weighted by Gasteiger charge is -2.37. The number of aliphatic hydroxyl groups is 1. The molecule has 1 aromatic rings. The van der Waals surface area contributed by atoms with Gasteiger partial charge in [-0.15, -0.1) is 0 Å². The molecule has 1 aliphatic rings. The number of benzene rings is 1. The zero-order chi connectivity index (χ0) is 12.1. The van der Waals surface area contributed by atoms with Gasteiger partial charge in [0.1, 0.15) is 0 Å². The third-order valence-electron chi connectivity index (χ3n) is 3.94. The van der Waals surface area contributed by atoms with Gasteiger partial charge < -0.3 is 5.11 Å². The molecule has 2 heteroatoms. The molecule has 1 saturated carbocycles. The molecule has 94 valence electrons. The van der Waals surface area contributed by atoms with Gasteiger partial charge in [0.2, 0.25) is 0 Å². The zero-order valence-corrected chi connectivity index (χ0v) is 10.7. The molecule has 0 amide bonds. The van der Waals surface area contributed by atoms with Gasteiger partial charge in [-0.3, -0.25) is 4.90 Å². The molecule has 0 unspecified atom stereocenters. The van der Waals surface area contributed by atoms with Crippen molar-refractivity contribution in [3.63, 3.8) is 0 Å². The average Bonchev–Trinajstić information content (AvgIpc) is 2.40. The first kappa shape index (κ1) is 12.6. The van der Waals surface area contributed by atoms with E-state index in [4.69, 9.17) is 0 Å². The second-order valence-corrected chi connectivity index (χ2v) is 5.20. The van der Waals surface area contributed by atoms with Crippen LogP contribution in [0.15, 0.2) is 30.3 Å².